The highest BCUT2D eigenvalue weighted by Gasteiger charge is 2.13. The van der Waals surface area contributed by atoms with Gasteiger partial charge in [-0.1, -0.05) is 0 Å². The Kier molecular flexibility index (Phi) is 8.58. The van der Waals surface area contributed by atoms with Gasteiger partial charge in [0, 0.05) is 6.61 Å². The third-order valence-electron chi connectivity index (χ3n) is 1.47. The third-order valence-corrected chi connectivity index (χ3v) is 5.05. The fourth-order valence-corrected chi connectivity index (χ4v) is 3.21. The van der Waals surface area contributed by atoms with Crippen LogP contribution in [-0.4, -0.2) is 54.2 Å². The molecule has 0 bridgehead atoms. The molecule has 0 saturated heterocycles. The Morgan fingerprint density at radius 2 is 2.00 bits per heavy atom. The predicted molar refractivity (Wildman–Crippen MR) is 63.5 cm³/mol. The van der Waals surface area contributed by atoms with Crippen molar-refractivity contribution in [3.63, 3.8) is 0 Å². The number of hydrogen-bond donors (Lipinski definition) is 2. The van der Waals surface area contributed by atoms with Crippen molar-refractivity contribution in [2.24, 2.45) is 0 Å². The topological polar surface area (TPSA) is 58.9 Å². The molecule has 90 valence electrons. The average Bonchev–Trinajstić information content (AvgIpc) is 2.14. The Balaban J connectivity index is 3.12. The zero-order valence-corrected chi connectivity index (χ0v) is 11.8. The highest BCUT2D eigenvalue weighted by molar-refractivity contribution is 6.73. The standard InChI is InChI=1S/C9H22O4Si2/c1-15(2,3)13-14-6-4-5-12-8-9(11)7-10/h9-11H,4-8H2,1-3H3. The van der Waals surface area contributed by atoms with Crippen LogP contribution < -0.4 is 0 Å². The summed E-state index contributed by atoms with van der Waals surface area (Å²) < 4.78 is 10.9. The van der Waals surface area contributed by atoms with Crippen LogP contribution in [0.3, 0.4) is 0 Å². The highest BCUT2D eigenvalue weighted by Crippen LogP contribution is 2.03. The van der Waals surface area contributed by atoms with Gasteiger partial charge in [0.2, 0.25) is 9.76 Å². The second-order valence-electron chi connectivity index (χ2n) is 4.37. The lowest BCUT2D eigenvalue weighted by atomic mass is 10.4. The summed E-state index contributed by atoms with van der Waals surface area (Å²) in [6.45, 7) is 7.13. The molecule has 4 nitrogen and oxygen atoms in total. The lowest BCUT2D eigenvalue weighted by Gasteiger charge is -2.16. The van der Waals surface area contributed by atoms with Crippen LogP contribution in [0.4, 0.5) is 0 Å². The predicted octanol–water partition coefficient (Wildman–Crippen LogP) is 0.635. The van der Waals surface area contributed by atoms with Crippen molar-refractivity contribution < 1.29 is 19.1 Å². The van der Waals surface area contributed by atoms with E-state index in [1.165, 1.54) is 0 Å². The maximum atomic E-state index is 8.97. The van der Waals surface area contributed by atoms with Crippen LogP contribution in [0.25, 0.3) is 0 Å². The van der Waals surface area contributed by atoms with Gasteiger partial charge in [-0.25, -0.2) is 0 Å². The quantitative estimate of drug-likeness (QED) is 0.466. The zero-order valence-electron chi connectivity index (χ0n) is 9.82. The number of ether oxygens (including phenoxy) is 1. The van der Waals surface area contributed by atoms with E-state index >= 15 is 0 Å². The van der Waals surface area contributed by atoms with Crippen molar-refractivity contribution in [1.82, 2.24) is 0 Å². The fourth-order valence-electron chi connectivity index (χ4n) is 0.786. The van der Waals surface area contributed by atoms with Crippen LogP contribution in [0.15, 0.2) is 0 Å². The van der Waals surface area contributed by atoms with Crippen molar-refractivity contribution >= 4 is 18.1 Å². The van der Waals surface area contributed by atoms with Gasteiger partial charge < -0.3 is 19.1 Å². The van der Waals surface area contributed by atoms with Crippen LogP contribution in [0.5, 0.6) is 0 Å². The van der Waals surface area contributed by atoms with Crippen LogP contribution in [-0.2, 0) is 8.85 Å². The van der Waals surface area contributed by atoms with Crippen molar-refractivity contribution in [3.8, 4) is 0 Å². The molecule has 0 heterocycles. The lowest BCUT2D eigenvalue weighted by molar-refractivity contribution is 0.00648. The van der Waals surface area contributed by atoms with E-state index in [0.29, 0.717) is 16.4 Å². The Morgan fingerprint density at radius 1 is 1.33 bits per heavy atom. The molecule has 0 amide bonds. The molecule has 2 N–H and O–H groups in total. The summed E-state index contributed by atoms with van der Waals surface area (Å²) in [4.78, 5) is 0. The molecule has 15 heavy (non-hydrogen) atoms. The maximum Gasteiger partial charge on any atom is 0.215 e. The number of hydrogen-bond acceptors (Lipinski definition) is 4. The summed E-state index contributed by atoms with van der Waals surface area (Å²) in [5, 5.41) is 17.5. The molecular weight excluding hydrogens is 228 g/mol. The van der Waals surface area contributed by atoms with E-state index in [4.69, 9.17) is 19.1 Å². The van der Waals surface area contributed by atoms with Gasteiger partial charge in [0.05, 0.1) is 13.2 Å². The Bertz CT molecular complexity index is 150. The first-order valence-electron chi connectivity index (χ1n) is 5.23. The Morgan fingerprint density at radius 3 is 2.53 bits per heavy atom. The molecule has 0 aliphatic heterocycles. The van der Waals surface area contributed by atoms with E-state index in [0.717, 1.165) is 12.5 Å². The SMILES string of the molecule is C[Si](C)(C)O[Si]CCCOCC(O)CO. The number of aliphatic hydroxyl groups excluding tert-OH is 2. The average molecular weight is 250 g/mol. The van der Waals surface area contributed by atoms with Gasteiger partial charge in [0.15, 0.2) is 8.32 Å². The third kappa shape index (κ3) is 12.2. The summed E-state index contributed by atoms with van der Waals surface area (Å²) in [5.74, 6) is 0. The van der Waals surface area contributed by atoms with Crippen LogP contribution in [0.1, 0.15) is 6.42 Å². The summed E-state index contributed by atoms with van der Waals surface area (Å²) in [7, 11) is -0.791. The summed E-state index contributed by atoms with van der Waals surface area (Å²) >= 11 is 0. The first kappa shape index (κ1) is 15.3. The molecule has 0 spiro atoms. The Labute approximate surface area is 95.7 Å². The molecule has 0 saturated carbocycles. The van der Waals surface area contributed by atoms with Crippen LogP contribution >= 0.6 is 0 Å². The molecule has 0 aliphatic carbocycles. The Hall–Kier alpha value is 0.274. The largest absolute Gasteiger partial charge is 0.456 e. The van der Waals surface area contributed by atoms with Crippen molar-refractivity contribution in [3.05, 3.63) is 0 Å². The van der Waals surface area contributed by atoms with E-state index < -0.39 is 14.4 Å². The van der Waals surface area contributed by atoms with Gasteiger partial charge in [-0.3, -0.25) is 0 Å². The normalized spacial score (nSPS) is 14.2. The molecule has 2 radical (unpaired) electrons. The minimum atomic E-state index is -1.35. The van der Waals surface area contributed by atoms with Crippen molar-refractivity contribution in [1.29, 1.82) is 0 Å². The maximum absolute atomic E-state index is 8.97. The summed E-state index contributed by atoms with van der Waals surface area (Å²) in [6, 6.07) is 1.01. The minimum absolute atomic E-state index is 0.217. The smallest absolute Gasteiger partial charge is 0.215 e. The van der Waals surface area contributed by atoms with E-state index in [2.05, 4.69) is 19.6 Å². The lowest BCUT2D eigenvalue weighted by Crippen LogP contribution is -2.27. The van der Waals surface area contributed by atoms with Crippen LogP contribution in [0.2, 0.25) is 25.7 Å². The monoisotopic (exact) mass is 250 g/mol. The molecule has 0 aromatic heterocycles. The van der Waals surface area contributed by atoms with Gasteiger partial charge >= 0.3 is 0 Å². The second-order valence-corrected chi connectivity index (χ2v) is 10.2. The summed E-state index contributed by atoms with van der Waals surface area (Å²) in [6.07, 6.45) is 0.201. The first-order valence-corrected chi connectivity index (χ1v) is 9.75. The number of rotatable bonds is 9. The molecule has 0 aliphatic rings. The van der Waals surface area contributed by atoms with Gasteiger partial charge in [0.1, 0.15) is 6.10 Å². The van der Waals surface area contributed by atoms with E-state index in [1.807, 2.05) is 0 Å². The van der Waals surface area contributed by atoms with Gasteiger partial charge in [-0.2, -0.15) is 0 Å². The van der Waals surface area contributed by atoms with Crippen LogP contribution in [0, 0.1) is 0 Å². The fraction of sp³-hybridized carbons (Fsp3) is 1.00. The molecule has 1 unspecified atom stereocenters. The van der Waals surface area contributed by atoms with Crippen molar-refractivity contribution in [2.45, 2.75) is 38.2 Å². The van der Waals surface area contributed by atoms with Gasteiger partial charge in [-0.05, 0) is 32.1 Å². The van der Waals surface area contributed by atoms with Gasteiger partial charge in [-0.15, -0.1) is 0 Å². The van der Waals surface area contributed by atoms with E-state index in [-0.39, 0.29) is 13.2 Å². The van der Waals surface area contributed by atoms with E-state index in [1.54, 1.807) is 0 Å². The minimum Gasteiger partial charge on any atom is -0.456 e. The van der Waals surface area contributed by atoms with Gasteiger partial charge in [0.25, 0.3) is 0 Å². The first-order chi connectivity index (χ1) is 6.95. The molecule has 1 atom stereocenters. The molecular formula is C9H22O4Si2. The molecule has 6 heteroatoms. The molecule has 0 rings (SSSR count). The zero-order chi connectivity index (χ0) is 11.7. The molecule has 0 aromatic rings. The molecule has 0 aromatic carbocycles. The summed E-state index contributed by atoms with van der Waals surface area (Å²) in [5.41, 5.74) is 0. The van der Waals surface area contributed by atoms with Crippen molar-refractivity contribution in [2.75, 3.05) is 19.8 Å². The number of aliphatic hydroxyl groups is 2. The second kappa shape index (κ2) is 8.43. The molecule has 0 fully saturated rings. The van der Waals surface area contributed by atoms with E-state index in [9.17, 15) is 0 Å². The highest BCUT2D eigenvalue weighted by atomic mass is 28.4.